The van der Waals surface area contributed by atoms with Gasteiger partial charge in [0.2, 0.25) is 0 Å². The molecule has 4 nitrogen and oxygen atoms in total. The van der Waals surface area contributed by atoms with Gasteiger partial charge in [0.1, 0.15) is 0 Å². The Hall–Kier alpha value is -1.68. The summed E-state index contributed by atoms with van der Waals surface area (Å²) in [5.74, 6) is -0.477. The van der Waals surface area contributed by atoms with Crippen LogP contribution in [0.4, 0.5) is 0 Å². The quantitative estimate of drug-likeness (QED) is 0.714. The van der Waals surface area contributed by atoms with E-state index in [4.69, 9.17) is 11.6 Å². The lowest BCUT2D eigenvalue weighted by atomic mass is 10.2. The Kier molecular flexibility index (Phi) is 2.75. The van der Waals surface area contributed by atoms with Crippen molar-refractivity contribution >= 4 is 28.6 Å². The molecule has 0 unspecified atom stereocenters. The molecular weight excluding hydrogens is 228 g/mol. The number of rotatable bonds is 1. The average Bonchev–Trinajstić information content (AvgIpc) is 2.28. The number of carbonyl (C=O) groups is 1. The minimum Gasteiger partial charge on any atom is -0.465 e. The highest BCUT2D eigenvalue weighted by Crippen LogP contribution is 2.22. The van der Waals surface area contributed by atoms with Gasteiger partial charge in [0, 0.05) is 6.20 Å². The Morgan fingerprint density at radius 3 is 2.81 bits per heavy atom. The van der Waals surface area contributed by atoms with Crippen LogP contribution in [0.3, 0.4) is 0 Å². The fourth-order valence-corrected chi connectivity index (χ4v) is 1.63. The van der Waals surface area contributed by atoms with Gasteiger partial charge < -0.3 is 4.74 Å². The number of esters is 1. The van der Waals surface area contributed by atoms with Crippen LogP contribution in [0.25, 0.3) is 11.0 Å². The summed E-state index contributed by atoms with van der Waals surface area (Å²) in [6.45, 7) is 1.83. The van der Waals surface area contributed by atoms with Gasteiger partial charge in [-0.25, -0.2) is 9.78 Å². The summed E-state index contributed by atoms with van der Waals surface area (Å²) in [4.78, 5) is 19.8. The number of hydrogen-bond donors (Lipinski definition) is 0. The Bertz CT molecular complexity index is 569. The lowest BCUT2D eigenvalue weighted by Crippen LogP contribution is -2.02. The zero-order chi connectivity index (χ0) is 11.7. The van der Waals surface area contributed by atoms with Crippen molar-refractivity contribution in [2.75, 3.05) is 7.11 Å². The SMILES string of the molecule is COC(=O)c1cc2nc(C)cnc2cc1Cl. The molecule has 1 aromatic carbocycles. The monoisotopic (exact) mass is 236 g/mol. The van der Waals surface area contributed by atoms with E-state index >= 15 is 0 Å². The van der Waals surface area contributed by atoms with E-state index in [1.54, 1.807) is 18.3 Å². The van der Waals surface area contributed by atoms with Crippen LogP contribution in [0.2, 0.25) is 5.02 Å². The molecule has 16 heavy (non-hydrogen) atoms. The van der Waals surface area contributed by atoms with Crippen LogP contribution < -0.4 is 0 Å². The standard InChI is InChI=1S/C11H9ClN2O2/c1-6-5-13-9-4-8(12)7(11(15)16-2)3-10(9)14-6/h3-5H,1-2H3. The zero-order valence-electron chi connectivity index (χ0n) is 8.82. The molecule has 0 aliphatic rings. The van der Waals surface area contributed by atoms with Crippen molar-refractivity contribution in [3.63, 3.8) is 0 Å². The first-order valence-corrected chi connectivity index (χ1v) is 5.01. The third kappa shape index (κ3) is 1.84. The molecule has 0 saturated heterocycles. The second-order valence-electron chi connectivity index (χ2n) is 3.32. The summed E-state index contributed by atoms with van der Waals surface area (Å²) < 4.78 is 4.62. The van der Waals surface area contributed by atoms with Gasteiger partial charge in [0.05, 0.1) is 34.4 Å². The smallest absolute Gasteiger partial charge is 0.339 e. The normalized spacial score (nSPS) is 10.4. The van der Waals surface area contributed by atoms with Gasteiger partial charge in [-0.1, -0.05) is 11.6 Å². The largest absolute Gasteiger partial charge is 0.465 e. The Balaban J connectivity index is 2.68. The molecule has 5 heteroatoms. The number of methoxy groups -OCH3 is 1. The Labute approximate surface area is 97.2 Å². The third-order valence-corrected chi connectivity index (χ3v) is 2.47. The van der Waals surface area contributed by atoms with E-state index in [0.29, 0.717) is 21.6 Å². The number of aryl methyl sites for hydroxylation is 1. The van der Waals surface area contributed by atoms with Crippen molar-refractivity contribution in [3.8, 4) is 0 Å². The summed E-state index contributed by atoms with van der Waals surface area (Å²) in [7, 11) is 1.31. The minimum absolute atomic E-state index is 0.302. The first kappa shape index (κ1) is 10.8. The lowest BCUT2D eigenvalue weighted by molar-refractivity contribution is 0.0601. The van der Waals surface area contributed by atoms with E-state index < -0.39 is 5.97 Å². The van der Waals surface area contributed by atoms with E-state index in [9.17, 15) is 4.79 Å². The number of halogens is 1. The van der Waals surface area contributed by atoms with Crippen LogP contribution in [-0.2, 0) is 4.74 Å². The summed E-state index contributed by atoms with van der Waals surface area (Å²) >= 11 is 5.95. The van der Waals surface area contributed by atoms with E-state index in [-0.39, 0.29) is 0 Å². The molecule has 1 heterocycles. The summed E-state index contributed by atoms with van der Waals surface area (Å²) in [5.41, 5.74) is 2.37. The number of fused-ring (bicyclic) bond motifs is 1. The molecule has 1 aromatic heterocycles. The van der Waals surface area contributed by atoms with Crippen LogP contribution in [-0.4, -0.2) is 23.0 Å². The lowest BCUT2D eigenvalue weighted by Gasteiger charge is -2.04. The van der Waals surface area contributed by atoms with E-state index in [2.05, 4.69) is 14.7 Å². The molecule has 0 spiro atoms. The van der Waals surface area contributed by atoms with Crippen LogP contribution in [0.15, 0.2) is 18.3 Å². The van der Waals surface area contributed by atoms with Gasteiger partial charge in [-0.2, -0.15) is 0 Å². The summed E-state index contributed by atoms with van der Waals surface area (Å²) in [5, 5.41) is 0.317. The second kappa shape index (κ2) is 4.06. The molecule has 0 N–H and O–H groups in total. The summed E-state index contributed by atoms with van der Waals surface area (Å²) in [6.07, 6.45) is 1.65. The maximum Gasteiger partial charge on any atom is 0.339 e. The zero-order valence-corrected chi connectivity index (χ0v) is 9.58. The fraction of sp³-hybridized carbons (Fsp3) is 0.182. The van der Waals surface area contributed by atoms with Crippen molar-refractivity contribution in [3.05, 3.63) is 34.6 Å². The van der Waals surface area contributed by atoms with Gasteiger partial charge in [-0.15, -0.1) is 0 Å². The van der Waals surface area contributed by atoms with E-state index in [1.165, 1.54) is 7.11 Å². The predicted octanol–water partition coefficient (Wildman–Crippen LogP) is 2.38. The van der Waals surface area contributed by atoms with Crippen LogP contribution in [0, 0.1) is 6.92 Å². The molecular formula is C11H9ClN2O2. The highest BCUT2D eigenvalue weighted by atomic mass is 35.5. The summed E-state index contributed by atoms with van der Waals surface area (Å²) in [6, 6.07) is 3.19. The molecule has 0 aliphatic heterocycles. The van der Waals surface area contributed by atoms with E-state index in [1.807, 2.05) is 6.92 Å². The predicted molar refractivity (Wildman–Crippen MR) is 60.6 cm³/mol. The van der Waals surface area contributed by atoms with Crippen molar-refractivity contribution in [1.29, 1.82) is 0 Å². The number of carbonyl (C=O) groups excluding carboxylic acids is 1. The van der Waals surface area contributed by atoms with E-state index in [0.717, 1.165) is 5.69 Å². The van der Waals surface area contributed by atoms with Crippen molar-refractivity contribution in [2.24, 2.45) is 0 Å². The molecule has 0 fully saturated rings. The maximum absolute atomic E-state index is 11.4. The van der Waals surface area contributed by atoms with Gasteiger partial charge in [-0.3, -0.25) is 4.98 Å². The highest BCUT2D eigenvalue weighted by molar-refractivity contribution is 6.34. The van der Waals surface area contributed by atoms with Crippen molar-refractivity contribution in [2.45, 2.75) is 6.92 Å². The van der Waals surface area contributed by atoms with Gasteiger partial charge in [0.25, 0.3) is 0 Å². The van der Waals surface area contributed by atoms with Gasteiger partial charge in [0.15, 0.2) is 0 Å². The van der Waals surface area contributed by atoms with Gasteiger partial charge >= 0.3 is 5.97 Å². The molecule has 0 saturated carbocycles. The molecule has 0 bridgehead atoms. The maximum atomic E-state index is 11.4. The Morgan fingerprint density at radius 1 is 1.38 bits per heavy atom. The van der Waals surface area contributed by atoms with Crippen LogP contribution >= 0.6 is 11.6 Å². The number of ether oxygens (including phenoxy) is 1. The number of benzene rings is 1. The number of hydrogen-bond acceptors (Lipinski definition) is 4. The van der Waals surface area contributed by atoms with Crippen LogP contribution in [0.1, 0.15) is 16.1 Å². The Morgan fingerprint density at radius 2 is 2.12 bits per heavy atom. The fourth-order valence-electron chi connectivity index (χ4n) is 1.39. The number of aromatic nitrogens is 2. The molecule has 0 aliphatic carbocycles. The topological polar surface area (TPSA) is 52.1 Å². The number of nitrogens with zero attached hydrogens (tertiary/aromatic N) is 2. The minimum atomic E-state index is -0.477. The molecule has 2 rings (SSSR count). The molecule has 0 atom stereocenters. The first-order chi connectivity index (χ1) is 7.61. The van der Waals surface area contributed by atoms with Crippen molar-refractivity contribution < 1.29 is 9.53 Å². The second-order valence-corrected chi connectivity index (χ2v) is 3.73. The molecule has 0 radical (unpaired) electrons. The molecule has 82 valence electrons. The van der Waals surface area contributed by atoms with Crippen LogP contribution in [0.5, 0.6) is 0 Å². The van der Waals surface area contributed by atoms with Crippen molar-refractivity contribution in [1.82, 2.24) is 9.97 Å². The average molecular weight is 237 g/mol. The molecule has 0 amide bonds. The molecule has 2 aromatic rings. The highest BCUT2D eigenvalue weighted by Gasteiger charge is 2.12. The first-order valence-electron chi connectivity index (χ1n) is 4.63. The third-order valence-electron chi connectivity index (χ3n) is 2.16. The van der Waals surface area contributed by atoms with Gasteiger partial charge in [-0.05, 0) is 19.1 Å².